The van der Waals surface area contributed by atoms with Gasteiger partial charge in [0.05, 0.1) is 10.5 Å². The molecule has 0 unspecified atom stereocenters. The number of fused-ring (bicyclic) bond motifs is 1. The molecule has 0 saturated carbocycles. The number of aromatic nitrogens is 1. The van der Waals surface area contributed by atoms with Gasteiger partial charge in [-0.05, 0) is 47.5 Å². The Morgan fingerprint density at radius 3 is 2.58 bits per heavy atom. The highest BCUT2D eigenvalue weighted by Crippen LogP contribution is 2.31. The summed E-state index contributed by atoms with van der Waals surface area (Å²) in [6, 6.07) is 16.8. The Morgan fingerprint density at radius 2 is 1.76 bits per heavy atom. The smallest absolute Gasteiger partial charge is 0.416 e. The number of hydrogen-bond acceptors (Lipinski definition) is 5. The average molecular weight is 564 g/mol. The van der Waals surface area contributed by atoms with Crippen molar-refractivity contribution in [1.82, 2.24) is 15.0 Å². The maximum Gasteiger partial charge on any atom is 0.416 e. The Balaban J connectivity index is 1.27. The lowest BCUT2D eigenvalue weighted by Gasteiger charge is -2.14. The number of ether oxygens (including phenoxy) is 1. The van der Waals surface area contributed by atoms with Crippen molar-refractivity contribution in [3.8, 4) is 5.75 Å². The number of nitrogens with zero attached hydrogens (tertiary/aromatic N) is 1. The molecule has 6 nitrogen and oxygen atoms in total. The van der Waals surface area contributed by atoms with Crippen molar-refractivity contribution < 1.29 is 26.3 Å². The van der Waals surface area contributed by atoms with Gasteiger partial charge >= 0.3 is 6.18 Å². The second-order valence-electron chi connectivity index (χ2n) is 8.48. The third-order valence-corrected chi connectivity index (χ3v) is 7.49. The second kappa shape index (κ2) is 12.1. The Morgan fingerprint density at radius 1 is 0.947 bits per heavy atom. The number of sulfonamides is 1. The fraction of sp³-hybridized carbons (Fsp3) is 0.222. The van der Waals surface area contributed by atoms with Gasteiger partial charge in [0, 0.05) is 54.2 Å². The molecule has 0 aliphatic carbocycles. The summed E-state index contributed by atoms with van der Waals surface area (Å²) in [6.45, 7) is 1.23. The van der Waals surface area contributed by atoms with Gasteiger partial charge in [-0.25, -0.2) is 13.1 Å². The first-order chi connectivity index (χ1) is 18.1. The van der Waals surface area contributed by atoms with E-state index in [4.69, 9.17) is 16.3 Å². The topological polar surface area (TPSA) is 80.3 Å². The van der Waals surface area contributed by atoms with Gasteiger partial charge in [0.1, 0.15) is 12.4 Å². The predicted molar refractivity (Wildman–Crippen MR) is 141 cm³/mol. The molecule has 0 aliphatic heterocycles. The summed E-state index contributed by atoms with van der Waals surface area (Å²) in [7, 11) is -3.71. The van der Waals surface area contributed by atoms with Gasteiger partial charge < -0.3 is 10.1 Å². The van der Waals surface area contributed by atoms with E-state index in [1.165, 1.54) is 6.07 Å². The Hall–Kier alpha value is -3.18. The number of benzene rings is 3. The first kappa shape index (κ1) is 27.8. The molecule has 0 aliphatic rings. The lowest BCUT2D eigenvalue weighted by Crippen LogP contribution is -2.33. The molecule has 11 heteroatoms. The molecule has 0 amide bonds. The van der Waals surface area contributed by atoms with Crippen molar-refractivity contribution in [1.29, 1.82) is 0 Å². The van der Waals surface area contributed by atoms with Crippen molar-refractivity contribution in [2.24, 2.45) is 0 Å². The highest BCUT2D eigenvalue weighted by atomic mass is 35.5. The van der Waals surface area contributed by atoms with Crippen LogP contribution in [0, 0.1) is 0 Å². The van der Waals surface area contributed by atoms with Crippen molar-refractivity contribution >= 4 is 32.4 Å². The zero-order valence-corrected chi connectivity index (χ0v) is 21.7. The molecule has 0 fully saturated rings. The van der Waals surface area contributed by atoms with Crippen LogP contribution in [0.5, 0.6) is 5.75 Å². The summed E-state index contributed by atoms with van der Waals surface area (Å²) >= 11 is 6.11. The van der Waals surface area contributed by atoms with E-state index in [1.807, 2.05) is 0 Å². The van der Waals surface area contributed by atoms with Crippen LogP contribution in [-0.2, 0) is 22.6 Å². The maximum absolute atomic E-state index is 13.1. The van der Waals surface area contributed by atoms with Crippen LogP contribution >= 0.6 is 11.6 Å². The molecule has 200 valence electrons. The minimum Gasteiger partial charge on any atom is -0.492 e. The molecule has 0 spiro atoms. The van der Waals surface area contributed by atoms with Gasteiger partial charge in [0.15, 0.2) is 0 Å². The lowest BCUT2D eigenvalue weighted by molar-refractivity contribution is -0.137. The fourth-order valence-electron chi connectivity index (χ4n) is 3.94. The van der Waals surface area contributed by atoms with Gasteiger partial charge in [-0.3, -0.25) is 4.98 Å². The average Bonchev–Trinajstić information content (AvgIpc) is 2.88. The third-order valence-electron chi connectivity index (χ3n) is 5.73. The highest BCUT2D eigenvalue weighted by Gasteiger charge is 2.30. The molecule has 2 N–H and O–H groups in total. The monoisotopic (exact) mass is 563 g/mol. The van der Waals surface area contributed by atoms with E-state index >= 15 is 0 Å². The van der Waals surface area contributed by atoms with Crippen LogP contribution in [0.2, 0.25) is 5.02 Å². The van der Waals surface area contributed by atoms with Crippen LogP contribution < -0.4 is 14.8 Å². The van der Waals surface area contributed by atoms with Crippen LogP contribution in [0.15, 0.2) is 84.0 Å². The van der Waals surface area contributed by atoms with E-state index in [0.29, 0.717) is 40.4 Å². The van der Waals surface area contributed by atoms with E-state index in [1.54, 1.807) is 60.9 Å². The summed E-state index contributed by atoms with van der Waals surface area (Å²) in [5.41, 5.74) is 0.437. The Kier molecular flexibility index (Phi) is 8.88. The van der Waals surface area contributed by atoms with Crippen molar-refractivity contribution in [3.05, 3.63) is 101 Å². The standard InChI is InChI=1S/C27H25ClF3N3O3S/c28-23-7-8-25(21(17-23)15-19-3-1-5-22(16-19)27(29,30)31)37-14-13-32-11-12-34-38(35,36)26-6-2-4-20-18-33-10-9-24(20)26/h1-10,16-18,32,34H,11-15H2. The molecular weight excluding hydrogens is 539 g/mol. The van der Waals surface area contributed by atoms with Gasteiger partial charge in [-0.1, -0.05) is 41.9 Å². The molecule has 1 aromatic heterocycles. The van der Waals surface area contributed by atoms with Crippen molar-refractivity contribution in [2.45, 2.75) is 17.5 Å². The minimum atomic E-state index is -4.42. The first-order valence-corrected chi connectivity index (χ1v) is 13.6. The predicted octanol–water partition coefficient (Wildman–Crippen LogP) is 5.44. The Bertz CT molecular complexity index is 1510. The molecular formula is C27H25ClF3N3O3S. The van der Waals surface area contributed by atoms with Gasteiger partial charge in [0.2, 0.25) is 10.0 Å². The van der Waals surface area contributed by atoms with Crippen LogP contribution in [0.25, 0.3) is 10.8 Å². The van der Waals surface area contributed by atoms with E-state index < -0.39 is 21.8 Å². The van der Waals surface area contributed by atoms with E-state index in [9.17, 15) is 21.6 Å². The van der Waals surface area contributed by atoms with Crippen LogP contribution in [0.3, 0.4) is 0 Å². The van der Waals surface area contributed by atoms with Crippen molar-refractivity contribution in [2.75, 3.05) is 26.2 Å². The van der Waals surface area contributed by atoms with Gasteiger partial charge in [-0.2, -0.15) is 13.2 Å². The van der Waals surface area contributed by atoms with Crippen LogP contribution in [-0.4, -0.2) is 39.6 Å². The molecule has 0 atom stereocenters. The lowest BCUT2D eigenvalue weighted by atomic mass is 10.0. The number of hydrogen-bond donors (Lipinski definition) is 2. The normalized spacial score (nSPS) is 12.1. The summed E-state index contributed by atoms with van der Waals surface area (Å²) in [4.78, 5) is 4.21. The summed E-state index contributed by atoms with van der Waals surface area (Å²) in [5.74, 6) is 0.514. The zero-order chi connectivity index (χ0) is 27.2. The Labute approximate surface area is 223 Å². The number of rotatable bonds is 11. The van der Waals surface area contributed by atoms with Crippen LogP contribution in [0.4, 0.5) is 13.2 Å². The van der Waals surface area contributed by atoms with E-state index in [-0.39, 0.29) is 24.5 Å². The largest absolute Gasteiger partial charge is 0.492 e. The third kappa shape index (κ3) is 7.22. The van der Waals surface area contributed by atoms with E-state index in [0.717, 1.165) is 17.5 Å². The highest BCUT2D eigenvalue weighted by molar-refractivity contribution is 7.89. The van der Waals surface area contributed by atoms with Crippen molar-refractivity contribution in [3.63, 3.8) is 0 Å². The van der Waals surface area contributed by atoms with Gasteiger partial charge in [-0.15, -0.1) is 0 Å². The second-order valence-corrected chi connectivity index (χ2v) is 10.6. The van der Waals surface area contributed by atoms with Crippen LogP contribution in [0.1, 0.15) is 16.7 Å². The molecule has 0 bridgehead atoms. The minimum absolute atomic E-state index is 0.172. The van der Waals surface area contributed by atoms with E-state index in [2.05, 4.69) is 15.0 Å². The SMILES string of the molecule is O=S(=O)(NCCNCCOc1ccc(Cl)cc1Cc1cccc(C(F)(F)F)c1)c1cccc2cnccc12. The molecule has 0 saturated heterocycles. The molecule has 0 radical (unpaired) electrons. The fourth-order valence-corrected chi connectivity index (χ4v) is 5.40. The molecule has 1 heterocycles. The quantitative estimate of drug-likeness (QED) is 0.237. The molecule has 38 heavy (non-hydrogen) atoms. The zero-order valence-electron chi connectivity index (χ0n) is 20.1. The number of alkyl halides is 3. The molecule has 4 rings (SSSR count). The summed E-state index contributed by atoms with van der Waals surface area (Å²) in [6.07, 6.45) is -1.04. The maximum atomic E-state index is 13.1. The number of nitrogens with one attached hydrogen (secondary N) is 2. The number of pyridine rings is 1. The summed E-state index contributed by atoms with van der Waals surface area (Å²) < 4.78 is 73.1. The molecule has 4 aromatic rings. The molecule has 3 aromatic carbocycles. The van der Waals surface area contributed by atoms with Gasteiger partial charge in [0.25, 0.3) is 0 Å². The number of halogens is 4. The first-order valence-electron chi connectivity index (χ1n) is 11.7. The summed E-state index contributed by atoms with van der Waals surface area (Å²) in [5, 5.41) is 4.89.